The standard InChI is InChI=1S/C15H21N3O3S/c19-15-4-3-11-18(15)14-7-5-13(6-8-14)12-16-22(20,21)17-9-1-2-10-17/h5-8,16H,1-4,9-12H2. The first-order chi connectivity index (χ1) is 10.6. The second-order valence-electron chi connectivity index (χ2n) is 5.75. The smallest absolute Gasteiger partial charge is 0.279 e. The third-order valence-electron chi connectivity index (χ3n) is 4.19. The molecule has 0 radical (unpaired) electrons. The maximum absolute atomic E-state index is 12.1. The van der Waals surface area contributed by atoms with Crippen LogP contribution in [-0.2, 0) is 21.5 Å². The molecule has 22 heavy (non-hydrogen) atoms. The van der Waals surface area contributed by atoms with Gasteiger partial charge in [-0.25, -0.2) is 0 Å². The molecule has 120 valence electrons. The van der Waals surface area contributed by atoms with Crippen molar-refractivity contribution in [1.82, 2.24) is 9.03 Å². The number of carbonyl (C=O) groups is 1. The lowest BCUT2D eigenvalue weighted by Crippen LogP contribution is -2.38. The van der Waals surface area contributed by atoms with E-state index in [4.69, 9.17) is 0 Å². The van der Waals surface area contributed by atoms with Gasteiger partial charge in [-0.2, -0.15) is 17.4 Å². The Kier molecular flexibility index (Phi) is 4.46. The number of anilines is 1. The highest BCUT2D eigenvalue weighted by molar-refractivity contribution is 7.87. The highest BCUT2D eigenvalue weighted by Crippen LogP contribution is 2.21. The number of nitrogens with zero attached hydrogens (tertiary/aromatic N) is 2. The Morgan fingerprint density at radius 3 is 2.27 bits per heavy atom. The molecule has 0 bridgehead atoms. The minimum absolute atomic E-state index is 0.155. The number of hydrogen-bond donors (Lipinski definition) is 1. The molecule has 0 unspecified atom stereocenters. The van der Waals surface area contributed by atoms with Crippen LogP contribution in [0.4, 0.5) is 5.69 Å². The van der Waals surface area contributed by atoms with Crippen molar-refractivity contribution in [2.45, 2.75) is 32.2 Å². The number of nitrogens with one attached hydrogen (secondary N) is 1. The fraction of sp³-hybridized carbons (Fsp3) is 0.533. The zero-order valence-electron chi connectivity index (χ0n) is 12.5. The summed E-state index contributed by atoms with van der Waals surface area (Å²) in [7, 11) is -3.37. The Hall–Kier alpha value is -1.44. The summed E-state index contributed by atoms with van der Waals surface area (Å²) >= 11 is 0. The van der Waals surface area contributed by atoms with Crippen LogP contribution in [0.5, 0.6) is 0 Å². The largest absolute Gasteiger partial charge is 0.312 e. The number of carbonyl (C=O) groups excluding carboxylic acids is 1. The van der Waals surface area contributed by atoms with E-state index in [-0.39, 0.29) is 12.5 Å². The molecule has 2 aliphatic heterocycles. The first-order valence-electron chi connectivity index (χ1n) is 7.70. The number of amides is 1. The van der Waals surface area contributed by atoms with Crippen LogP contribution in [0.25, 0.3) is 0 Å². The van der Waals surface area contributed by atoms with E-state index in [1.807, 2.05) is 24.3 Å². The molecule has 2 heterocycles. The van der Waals surface area contributed by atoms with E-state index in [2.05, 4.69) is 4.72 Å². The lowest BCUT2D eigenvalue weighted by Gasteiger charge is -2.17. The molecule has 2 saturated heterocycles. The Morgan fingerprint density at radius 1 is 1.00 bits per heavy atom. The van der Waals surface area contributed by atoms with Crippen LogP contribution < -0.4 is 9.62 Å². The fourth-order valence-electron chi connectivity index (χ4n) is 2.91. The second kappa shape index (κ2) is 6.36. The van der Waals surface area contributed by atoms with Gasteiger partial charge in [0.25, 0.3) is 10.2 Å². The normalized spacial score (nSPS) is 20.0. The first kappa shape index (κ1) is 15.5. The van der Waals surface area contributed by atoms with E-state index in [9.17, 15) is 13.2 Å². The van der Waals surface area contributed by atoms with Crippen molar-refractivity contribution in [2.24, 2.45) is 0 Å². The molecular formula is C15H21N3O3S. The van der Waals surface area contributed by atoms with Crippen LogP contribution in [0.15, 0.2) is 24.3 Å². The van der Waals surface area contributed by atoms with Gasteiger partial charge in [0, 0.05) is 38.3 Å². The highest BCUT2D eigenvalue weighted by atomic mass is 32.2. The summed E-state index contributed by atoms with van der Waals surface area (Å²) in [5.41, 5.74) is 1.77. The van der Waals surface area contributed by atoms with Crippen molar-refractivity contribution < 1.29 is 13.2 Å². The van der Waals surface area contributed by atoms with Crippen molar-refractivity contribution in [3.8, 4) is 0 Å². The van der Waals surface area contributed by atoms with Crippen molar-refractivity contribution in [2.75, 3.05) is 24.5 Å². The molecule has 0 aromatic heterocycles. The molecule has 0 spiro atoms. The number of benzene rings is 1. The second-order valence-corrected chi connectivity index (χ2v) is 7.50. The van der Waals surface area contributed by atoms with Crippen LogP contribution in [0.1, 0.15) is 31.2 Å². The predicted molar refractivity (Wildman–Crippen MR) is 84.6 cm³/mol. The third-order valence-corrected chi connectivity index (χ3v) is 5.74. The lowest BCUT2D eigenvalue weighted by atomic mass is 10.2. The summed E-state index contributed by atoms with van der Waals surface area (Å²) in [6.07, 6.45) is 3.37. The number of rotatable bonds is 5. The van der Waals surface area contributed by atoms with Crippen LogP contribution >= 0.6 is 0 Å². The van der Waals surface area contributed by atoms with Gasteiger partial charge in [0.1, 0.15) is 0 Å². The lowest BCUT2D eigenvalue weighted by molar-refractivity contribution is -0.117. The molecule has 1 aromatic carbocycles. The van der Waals surface area contributed by atoms with E-state index in [1.165, 1.54) is 4.31 Å². The summed E-state index contributed by atoms with van der Waals surface area (Å²) in [5.74, 6) is 0.155. The van der Waals surface area contributed by atoms with Gasteiger partial charge < -0.3 is 4.90 Å². The molecule has 1 aromatic rings. The monoisotopic (exact) mass is 323 g/mol. The van der Waals surface area contributed by atoms with Crippen molar-refractivity contribution >= 4 is 21.8 Å². The van der Waals surface area contributed by atoms with E-state index in [0.717, 1.165) is 37.1 Å². The van der Waals surface area contributed by atoms with Gasteiger partial charge in [-0.15, -0.1) is 0 Å². The SMILES string of the molecule is O=C1CCCN1c1ccc(CNS(=O)(=O)N2CCCC2)cc1. The van der Waals surface area contributed by atoms with Crippen LogP contribution in [0, 0.1) is 0 Å². The fourth-order valence-corrected chi connectivity index (χ4v) is 4.18. The molecule has 1 N–H and O–H groups in total. The van der Waals surface area contributed by atoms with Gasteiger partial charge in [-0.1, -0.05) is 12.1 Å². The predicted octanol–water partition coefficient (Wildman–Crippen LogP) is 1.24. The summed E-state index contributed by atoms with van der Waals surface area (Å²) in [4.78, 5) is 13.5. The quantitative estimate of drug-likeness (QED) is 0.886. The summed E-state index contributed by atoms with van der Waals surface area (Å²) in [6, 6.07) is 7.49. The molecule has 7 heteroatoms. The maximum Gasteiger partial charge on any atom is 0.279 e. The molecule has 2 aliphatic rings. The van der Waals surface area contributed by atoms with Crippen LogP contribution in [0.3, 0.4) is 0 Å². The number of hydrogen-bond acceptors (Lipinski definition) is 3. The minimum atomic E-state index is -3.37. The van der Waals surface area contributed by atoms with Gasteiger partial charge in [0.2, 0.25) is 5.91 Å². The summed E-state index contributed by atoms with van der Waals surface area (Å²) < 4.78 is 28.3. The third kappa shape index (κ3) is 3.31. The Morgan fingerprint density at radius 2 is 1.68 bits per heavy atom. The van der Waals surface area contributed by atoms with Gasteiger partial charge >= 0.3 is 0 Å². The minimum Gasteiger partial charge on any atom is -0.312 e. The van der Waals surface area contributed by atoms with Crippen molar-refractivity contribution in [3.05, 3.63) is 29.8 Å². The average Bonchev–Trinajstić information content (AvgIpc) is 3.17. The molecular weight excluding hydrogens is 302 g/mol. The first-order valence-corrected chi connectivity index (χ1v) is 9.14. The van der Waals surface area contributed by atoms with E-state index in [1.54, 1.807) is 4.90 Å². The molecule has 2 fully saturated rings. The van der Waals surface area contributed by atoms with Crippen molar-refractivity contribution in [1.29, 1.82) is 0 Å². The zero-order chi connectivity index (χ0) is 15.6. The molecule has 0 atom stereocenters. The average molecular weight is 323 g/mol. The van der Waals surface area contributed by atoms with E-state index in [0.29, 0.717) is 19.5 Å². The van der Waals surface area contributed by atoms with Crippen LogP contribution in [0.2, 0.25) is 0 Å². The molecule has 0 saturated carbocycles. The van der Waals surface area contributed by atoms with E-state index < -0.39 is 10.2 Å². The topological polar surface area (TPSA) is 69.7 Å². The molecule has 6 nitrogen and oxygen atoms in total. The summed E-state index contributed by atoms with van der Waals surface area (Å²) in [6.45, 7) is 2.24. The molecule has 0 aliphatic carbocycles. The molecule has 1 amide bonds. The Balaban J connectivity index is 1.60. The zero-order valence-corrected chi connectivity index (χ0v) is 13.3. The van der Waals surface area contributed by atoms with E-state index >= 15 is 0 Å². The molecule has 3 rings (SSSR count). The maximum atomic E-state index is 12.1. The van der Waals surface area contributed by atoms with Gasteiger partial charge in [-0.3, -0.25) is 4.79 Å². The highest BCUT2D eigenvalue weighted by Gasteiger charge is 2.25. The Labute approximate surface area is 131 Å². The van der Waals surface area contributed by atoms with Gasteiger partial charge in [0.05, 0.1) is 0 Å². The van der Waals surface area contributed by atoms with Crippen molar-refractivity contribution in [3.63, 3.8) is 0 Å². The Bertz CT molecular complexity index is 637. The van der Waals surface area contributed by atoms with Gasteiger partial charge in [0.15, 0.2) is 0 Å². The summed E-state index contributed by atoms with van der Waals surface area (Å²) in [5, 5.41) is 0. The van der Waals surface area contributed by atoms with Gasteiger partial charge in [-0.05, 0) is 37.0 Å². The van der Waals surface area contributed by atoms with Crippen LogP contribution in [-0.4, -0.2) is 38.3 Å².